The third-order valence-corrected chi connectivity index (χ3v) is 2.92. The van der Waals surface area contributed by atoms with Crippen LogP contribution in [0.5, 0.6) is 0 Å². The summed E-state index contributed by atoms with van der Waals surface area (Å²) in [7, 11) is 0. The van der Waals surface area contributed by atoms with Crippen molar-refractivity contribution in [1.29, 1.82) is 0 Å². The number of urea groups is 1. The summed E-state index contributed by atoms with van der Waals surface area (Å²) in [5.41, 5.74) is 0.820. The Balaban J connectivity index is 2.16. The summed E-state index contributed by atoms with van der Waals surface area (Å²) in [6.07, 6.45) is 2.02. The van der Waals surface area contributed by atoms with Gasteiger partial charge < -0.3 is 15.3 Å². The molecule has 2 amide bonds. The van der Waals surface area contributed by atoms with E-state index >= 15 is 0 Å². The number of carbonyl (C=O) groups is 1. The van der Waals surface area contributed by atoms with E-state index in [2.05, 4.69) is 17.2 Å². The molecule has 1 saturated heterocycles. The van der Waals surface area contributed by atoms with Gasteiger partial charge in [0.25, 0.3) is 0 Å². The Kier molecular flexibility index (Phi) is 4.37. The maximum atomic E-state index is 13.2. The van der Waals surface area contributed by atoms with Gasteiger partial charge in [-0.05, 0) is 31.0 Å². The maximum Gasteiger partial charge on any atom is 0.321 e. The number of nitrogens with one attached hydrogen (secondary N) is 1. The SMILES string of the molecule is O=C(Nc1ccc(F)cc1C#CCO)N1CCCC1. The number of benzene rings is 1. The van der Waals surface area contributed by atoms with E-state index in [1.165, 1.54) is 18.2 Å². The van der Waals surface area contributed by atoms with Crippen molar-refractivity contribution < 1.29 is 14.3 Å². The molecule has 0 aliphatic carbocycles. The fourth-order valence-corrected chi connectivity index (χ4v) is 1.98. The molecule has 1 fully saturated rings. The first kappa shape index (κ1) is 13.4. The molecule has 1 aliphatic rings. The van der Waals surface area contributed by atoms with Crippen molar-refractivity contribution in [2.75, 3.05) is 25.0 Å². The van der Waals surface area contributed by atoms with Crippen LogP contribution in [0.1, 0.15) is 18.4 Å². The molecule has 0 radical (unpaired) electrons. The number of aliphatic hydroxyl groups is 1. The van der Waals surface area contributed by atoms with E-state index in [-0.39, 0.29) is 12.6 Å². The minimum atomic E-state index is -0.429. The molecule has 1 aliphatic heterocycles. The second-order valence-electron chi connectivity index (χ2n) is 4.27. The minimum Gasteiger partial charge on any atom is -0.384 e. The molecular weight excluding hydrogens is 247 g/mol. The van der Waals surface area contributed by atoms with Crippen LogP contribution in [-0.2, 0) is 0 Å². The molecule has 4 nitrogen and oxygen atoms in total. The average molecular weight is 262 g/mol. The van der Waals surface area contributed by atoms with Gasteiger partial charge in [-0.1, -0.05) is 11.8 Å². The van der Waals surface area contributed by atoms with E-state index in [0.717, 1.165) is 25.9 Å². The highest BCUT2D eigenvalue weighted by Gasteiger charge is 2.18. The lowest BCUT2D eigenvalue weighted by atomic mass is 10.1. The molecule has 19 heavy (non-hydrogen) atoms. The summed E-state index contributed by atoms with van der Waals surface area (Å²) in [4.78, 5) is 13.7. The van der Waals surface area contributed by atoms with Crippen molar-refractivity contribution in [2.24, 2.45) is 0 Å². The lowest BCUT2D eigenvalue weighted by Crippen LogP contribution is -2.32. The normalized spacial score (nSPS) is 13.9. The van der Waals surface area contributed by atoms with Gasteiger partial charge in [-0.15, -0.1) is 0 Å². The van der Waals surface area contributed by atoms with Gasteiger partial charge in [-0.3, -0.25) is 0 Å². The van der Waals surface area contributed by atoms with Crippen molar-refractivity contribution >= 4 is 11.7 Å². The van der Waals surface area contributed by atoms with Crippen LogP contribution in [0, 0.1) is 17.7 Å². The lowest BCUT2D eigenvalue weighted by Gasteiger charge is -2.16. The Morgan fingerprint density at radius 1 is 1.42 bits per heavy atom. The number of hydrogen-bond acceptors (Lipinski definition) is 2. The minimum absolute atomic E-state index is 0.198. The molecular formula is C14H15FN2O2. The van der Waals surface area contributed by atoms with Gasteiger partial charge in [0.15, 0.2) is 0 Å². The monoisotopic (exact) mass is 262 g/mol. The number of amides is 2. The quantitative estimate of drug-likeness (QED) is 0.758. The van der Waals surface area contributed by atoms with Gasteiger partial charge in [0, 0.05) is 13.1 Å². The smallest absolute Gasteiger partial charge is 0.321 e. The number of carbonyl (C=O) groups excluding carboxylic acids is 1. The summed E-state index contributed by atoms with van der Waals surface area (Å²) < 4.78 is 13.2. The zero-order valence-electron chi connectivity index (χ0n) is 10.4. The number of likely N-dealkylation sites (tertiary alicyclic amines) is 1. The van der Waals surface area contributed by atoms with E-state index in [0.29, 0.717) is 11.3 Å². The number of hydrogen-bond donors (Lipinski definition) is 2. The number of rotatable bonds is 1. The molecule has 0 unspecified atom stereocenters. The van der Waals surface area contributed by atoms with Crippen LogP contribution in [0.4, 0.5) is 14.9 Å². The van der Waals surface area contributed by atoms with E-state index in [4.69, 9.17) is 5.11 Å². The van der Waals surface area contributed by atoms with Gasteiger partial charge in [0.05, 0.1) is 11.3 Å². The molecule has 100 valence electrons. The van der Waals surface area contributed by atoms with Gasteiger partial charge in [0.2, 0.25) is 0 Å². The average Bonchev–Trinajstić information content (AvgIpc) is 2.93. The molecule has 1 aromatic rings. The number of halogens is 1. The predicted molar refractivity (Wildman–Crippen MR) is 70.2 cm³/mol. The largest absolute Gasteiger partial charge is 0.384 e. The van der Waals surface area contributed by atoms with Crippen LogP contribution >= 0.6 is 0 Å². The third-order valence-electron chi connectivity index (χ3n) is 2.92. The Bertz CT molecular complexity index is 528. The molecule has 0 saturated carbocycles. The fraction of sp³-hybridized carbons (Fsp3) is 0.357. The summed E-state index contributed by atoms with van der Waals surface area (Å²) in [5.74, 6) is 4.65. The number of nitrogens with zero attached hydrogens (tertiary/aromatic N) is 1. The van der Waals surface area contributed by atoms with Gasteiger partial charge in [0.1, 0.15) is 12.4 Å². The highest BCUT2D eigenvalue weighted by Crippen LogP contribution is 2.18. The first-order chi connectivity index (χ1) is 9.20. The van der Waals surface area contributed by atoms with Crippen LogP contribution in [0.3, 0.4) is 0 Å². The van der Waals surface area contributed by atoms with Gasteiger partial charge in [-0.25, -0.2) is 9.18 Å². The Labute approximate surface area is 111 Å². The molecule has 0 aromatic heterocycles. The van der Waals surface area contributed by atoms with Crippen molar-refractivity contribution in [2.45, 2.75) is 12.8 Å². The molecule has 2 N–H and O–H groups in total. The maximum absolute atomic E-state index is 13.2. The lowest BCUT2D eigenvalue weighted by molar-refractivity contribution is 0.222. The van der Waals surface area contributed by atoms with Crippen LogP contribution < -0.4 is 5.32 Å². The third kappa shape index (κ3) is 3.46. The molecule has 1 aromatic carbocycles. The summed E-state index contributed by atoms with van der Waals surface area (Å²) in [6.45, 7) is 1.17. The Morgan fingerprint density at radius 3 is 2.84 bits per heavy atom. The zero-order valence-corrected chi connectivity index (χ0v) is 10.4. The van der Waals surface area contributed by atoms with E-state index in [9.17, 15) is 9.18 Å². The van der Waals surface area contributed by atoms with E-state index in [1.54, 1.807) is 4.90 Å². The van der Waals surface area contributed by atoms with Gasteiger partial charge >= 0.3 is 6.03 Å². The highest BCUT2D eigenvalue weighted by molar-refractivity contribution is 5.91. The van der Waals surface area contributed by atoms with Crippen LogP contribution in [-0.4, -0.2) is 35.7 Å². The molecule has 2 rings (SSSR count). The first-order valence-corrected chi connectivity index (χ1v) is 6.16. The summed E-state index contributed by atoms with van der Waals surface area (Å²) in [5, 5.41) is 11.4. The Hall–Kier alpha value is -2.06. The van der Waals surface area contributed by atoms with Gasteiger partial charge in [-0.2, -0.15) is 0 Å². The van der Waals surface area contributed by atoms with Crippen molar-refractivity contribution in [3.05, 3.63) is 29.6 Å². The summed E-state index contributed by atoms with van der Waals surface area (Å²) in [6, 6.07) is 3.78. The fourth-order valence-electron chi connectivity index (χ4n) is 1.98. The predicted octanol–water partition coefficient (Wildman–Crippen LogP) is 1.80. The standard InChI is InChI=1S/C14H15FN2O2/c15-12-5-6-13(11(10-12)4-3-9-18)16-14(19)17-7-1-2-8-17/h5-6,10,18H,1-2,7-9H2,(H,16,19). The van der Waals surface area contributed by atoms with Crippen LogP contribution in [0.2, 0.25) is 0 Å². The van der Waals surface area contributed by atoms with E-state index < -0.39 is 5.82 Å². The molecule has 0 bridgehead atoms. The summed E-state index contributed by atoms with van der Waals surface area (Å²) >= 11 is 0. The van der Waals surface area contributed by atoms with Crippen molar-refractivity contribution in [1.82, 2.24) is 4.90 Å². The number of anilines is 1. The second-order valence-corrected chi connectivity index (χ2v) is 4.27. The van der Waals surface area contributed by atoms with Crippen LogP contribution in [0.25, 0.3) is 0 Å². The zero-order chi connectivity index (χ0) is 13.7. The first-order valence-electron chi connectivity index (χ1n) is 6.16. The van der Waals surface area contributed by atoms with Crippen molar-refractivity contribution in [3.63, 3.8) is 0 Å². The van der Waals surface area contributed by atoms with Crippen molar-refractivity contribution in [3.8, 4) is 11.8 Å². The molecule has 1 heterocycles. The highest BCUT2D eigenvalue weighted by atomic mass is 19.1. The number of aliphatic hydroxyl groups excluding tert-OH is 1. The topological polar surface area (TPSA) is 52.6 Å². The van der Waals surface area contributed by atoms with E-state index in [1.807, 2.05) is 0 Å². The Morgan fingerprint density at radius 2 is 2.16 bits per heavy atom. The van der Waals surface area contributed by atoms with Crippen LogP contribution in [0.15, 0.2) is 18.2 Å². The second kappa shape index (κ2) is 6.21. The molecule has 0 atom stereocenters. The molecule has 5 heteroatoms. The molecule has 0 spiro atoms.